The van der Waals surface area contributed by atoms with Crippen molar-refractivity contribution in [3.63, 3.8) is 0 Å². The van der Waals surface area contributed by atoms with Crippen LogP contribution >= 0.6 is 11.6 Å². The van der Waals surface area contributed by atoms with Gasteiger partial charge in [0.15, 0.2) is 0 Å². The van der Waals surface area contributed by atoms with Gasteiger partial charge in [-0.2, -0.15) is 0 Å². The maximum absolute atomic E-state index is 12.5. The number of hydrogen-bond donors (Lipinski definition) is 2. The Bertz CT molecular complexity index is 876. The second-order valence-corrected chi connectivity index (χ2v) is 6.63. The van der Waals surface area contributed by atoms with E-state index in [1.165, 1.54) is 12.3 Å². The third-order valence-corrected chi connectivity index (χ3v) is 4.53. The van der Waals surface area contributed by atoms with Crippen molar-refractivity contribution in [3.8, 4) is 5.75 Å². The summed E-state index contributed by atoms with van der Waals surface area (Å²) in [6, 6.07) is 3.38. The van der Waals surface area contributed by atoms with Crippen LogP contribution in [0.25, 0.3) is 10.9 Å². The summed E-state index contributed by atoms with van der Waals surface area (Å²) in [5, 5.41) is 9.99. The van der Waals surface area contributed by atoms with E-state index in [4.69, 9.17) is 26.8 Å². The molecule has 2 aromatic rings. The standard InChI is InChI=1S/C18H21ClN2O5/c19-14-9-15-12(8-16(14)26-7-6-25-5-1-4-20)17(22)13(18(23)24)10-21(15)11-2-3-11/h8-11H,1-7,20H2,(H,23,24). The highest BCUT2D eigenvalue weighted by molar-refractivity contribution is 6.32. The van der Waals surface area contributed by atoms with Gasteiger partial charge in [-0.15, -0.1) is 0 Å². The first-order valence-corrected chi connectivity index (χ1v) is 8.93. The van der Waals surface area contributed by atoms with Crippen LogP contribution in [0.1, 0.15) is 35.7 Å². The Morgan fingerprint density at radius 1 is 1.31 bits per heavy atom. The lowest BCUT2D eigenvalue weighted by Crippen LogP contribution is -2.19. The molecule has 3 N–H and O–H groups in total. The predicted octanol–water partition coefficient (Wildman–Crippen LogP) is 2.43. The fourth-order valence-electron chi connectivity index (χ4n) is 2.77. The van der Waals surface area contributed by atoms with E-state index in [0.717, 1.165) is 19.3 Å². The monoisotopic (exact) mass is 380 g/mol. The Balaban J connectivity index is 1.89. The second kappa shape index (κ2) is 8.07. The zero-order valence-electron chi connectivity index (χ0n) is 14.2. The van der Waals surface area contributed by atoms with Crippen LogP contribution in [0.3, 0.4) is 0 Å². The molecule has 8 heteroatoms. The Hall–Kier alpha value is -2.09. The Morgan fingerprint density at radius 3 is 2.73 bits per heavy atom. The third-order valence-electron chi connectivity index (χ3n) is 4.23. The molecular weight excluding hydrogens is 360 g/mol. The minimum Gasteiger partial charge on any atom is -0.490 e. The van der Waals surface area contributed by atoms with Gasteiger partial charge in [-0.3, -0.25) is 4.79 Å². The number of carboxylic acids is 1. The molecule has 1 aromatic carbocycles. The van der Waals surface area contributed by atoms with Gasteiger partial charge in [-0.05, 0) is 37.9 Å². The maximum Gasteiger partial charge on any atom is 0.341 e. The number of aromatic carboxylic acids is 1. The van der Waals surface area contributed by atoms with Crippen molar-refractivity contribution in [2.75, 3.05) is 26.4 Å². The van der Waals surface area contributed by atoms with Crippen molar-refractivity contribution in [2.24, 2.45) is 5.73 Å². The molecule has 0 atom stereocenters. The molecule has 1 aliphatic rings. The van der Waals surface area contributed by atoms with E-state index in [9.17, 15) is 14.7 Å². The van der Waals surface area contributed by atoms with E-state index >= 15 is 0 Å². The van der Waals surface area contributed by atoms with Crippen molar-refractivity contribution in [1.29, 1.82) is 0 Å². The van der Waals surface area contributed by atoms with Crippen LogP contribution in [-0.4, -0.2) is 42.0 Å². The quantitative estimate of drug-likeness (QED) is 0.647. The van der Waals surface area contributed by atoms with Crippen LogP contribution in [0.15, 0.2) is 23.1 Å². The molecule has 1 heterocycles. The first-order chi connectivity index (χ1) is 12.5. The summed E-state index contributed by atoms with van der Waals surface area (Å²) in [6.45, 7) is 1.76. The fourth-order valence-corrected chi connectivity index (χ4v) is 2.98. The number of ether oxygens (including phenoxy) is 2. The van der Waals surface area contributed by atoms with Crippen molar-refractivity contribution in [1.82, 2.24) is 4.57 Å². The number of halogens is 1. The van der Waals surface area contributed by atoms with Crippen LogP contribution in [0.5, 0.6) is 5.75 Å². The molecule has 0 bridgehead atoms. The number of nitrogens with zero attached hydrogens (tertiary/aromatic N) is 1. The van der Waals surface area contributed by atoms with Gasteiger partial charge in [-0.1, -0.05) is 11.6 Å². The lowest BCUT2D eigenvalue weighted by Gasteiger charge is -2.14. The zero-order valence-corrected chi connectivity index (χ0v) is 15.0. The first kappa shape index (κ1) is 18.7. The van der Waals surface area contributed by atoms with Gasteiger partial charge in [0.1, 0.15) is 17.9 Å². The third kappa shape index (κ3) is 4.00. The molecule has 1 fully saturated rings. The summed E-state index contributed by atoms with van der Waals surface area (Å²) in [6.07, 6.45) is 4.09. The average Bonchev–Trinajstić information content (AvgIpc) is 3.43. The Morgan fingerprint density at radius 2 is 2.08 bits per heavy atom. The molecule has 1 saturated carbocycles. The van der Waals surface area contributed by atoms with Gasteiger partial charge in [0, 0.05) is 18.8 Å². The van der Waals surface area contributed by atoms with Gasteiger partial charge in [0.05, 0.1) is 22.5 Å². The van der Waals surface area contributed by atoms with E-state index in [-0.39, 0.29) is 18.2 Å². The highest BCUT2D eigenvalue weighted by Gasteiger charge is 2.27. The number of fused-ring (bicyclic) bond motifs is 1. The van der Waals surface area contributed by atoms with E-state index in [2.05, 4.69) is 0 Å². The molecule has 0 amide bonds. The van der Waals surface area contributed by atoms with Crippen LogP contribution in [0.2, 0.25) is 5.02 Å². The molecule has 26 heavy (non-hydrogen) atoms. The highest BCUT2D eigenvalue weighted by atomic mass is 35.5. The van der Waals surface area contributed by atoms with Crippen molar-refractivity contribution < 1.29 is 19.4 Å². The fraction of sp³-hybridized carbons (Fsp3) is 0.444. The lowest BCUT2D eigenvalue weighted by atomic mass is 10.1. The number of hydrogen-bond acceptors (Lipinski definition) is 5. The van der Waals surface area contributed by atoms with Crippen LogP contribution in [-0.2, 0) is 4.74 Å². The normalized spacial score (nSPS) is 13.9. The summed E-state index contributed by atoms with van der Waals surface area (Å²) < 4.78 is 12.8. The number of carboxylic acid groups (broad SMARTS) is 1. The Kier molecular flexibility index (Phi) is 5.80. The maximum atomic E-state index is 12.5. The summed E-state index contributed by atoms with van der Waals surface area (Å²) in [5.41, 5.74) is 5.23. The first-order valence-electron chi connectivity index (χ1n) is 8.55. The molecule has 0 saturated heterocycles. The average molecular weight is 381 g/mol. The highest BCUT2D eigenvalue weighted by Crippen LogP contribution is 2.38. The molecule has 7 nitrogen and oxygen atoms in total. The molecule has 1 aliphatic carbocycles. The largest absolute Gasteiger partial charge is 0.490 e. The molecule has 0 spiro atoms. The van der Waals surface area contributed by atoms with E-state index < -0.39 is 11.4 Å². The summed E-state index contributed by atoms with van der Waals surface area (Å²) >= 11 is 6.30. The molecule has 3 rings (SSSR count). The summed E-state index contributed by atoms with van der Waals surface area (Å²) in [5.74, 6) is -0.902. The number of nitrogens with two attached hydrogens (primary N) is 1. The number of pyridine rings is 1. The van der Waals surface area contributed by atoms with Crippen molar-refractivity contribution in [3.05, 3.63) is 39.1 Å². The van der Waals surface area contributed by atoms with Crippen LogP contribution < -0.4 is 15.9 Å². The summed E-state index contributed by atoms with van der Waals surface area (Å²) in [4.78, 5) is 24.0. The predicted molar refractivity (Wildman–Crippen MR) is 98.4 cm³/mol. The number of carbonyl (C=O) groups is 1. The molecule has 0 aliphatic heterocycles. The van der Waals surface area contributed by atoms with Crippen LogP contribution in [0.4, 0.5) is 0 Å². The molecule has 0 unspecified atom stereocenters. The van der Waals surface area contributed by atoms with Crippen molar-refractivity contribution in [2.45, 2.75) is 25.3 Å². The molecule has 140 valence electrons. The SMILES string of the molecule is NCCCOCCOc1cc2c(=O)c(C(=O)O)cn(C3CC3)c2cc1Cl. The minimum atomic E-state index is -1.24. The topological polar surface area (TPSA) is 104 Å². The van der Waals surface area contributed by atoms with Crippen LogP contribution in [0, 0.1) is 0 Å². The van der Waals surface area contributed by atoms with E-state index in [0.29, 0.717) is 41.4 Å². The molecule has 0 radical (unpaired) electrons. The number of aromatic nitrogens is 1. The smallest absolute Gasteiger partial charge is 0.341 e. The second-order valence-electron chi connectivity index (χ2n) is 6.22. The zero-order chi connectivity index (χ0) is 18.7. The number of benzene rings is 1. The summed E-state index contributed by atoms with van der Waals surface area (Å²) in [7, 11) is 0. The van der Waals surface area contributed by atoms with E-state index in [1.54, 1.807) is 6.07 Å². The van der Waals surface area contributed by atoms with Gasteiger partial charge in [-0.25, -0.2) is 4.79 Å². The van der Waals surface area contributed by atoms with Gasteiger partial charge in [0.2, 0.25) is 5.43 Å². The minimum absolute atomic E-state index is 0.204. The van der Waals surface area contributed by atoms with Crippen molar-refractivity contribution >= 4 is 28.5 Å². The van der Waals surface area contributed by atoms with Gasteiger partial charge >= 0.3 is 5.97 Å². The number of rotatable bonds is 9. The van der Waals surface area contributed by atoms with E-state index in [1.807, 2.05) is 4.57 Å². The lowest BCUT2D eigenvalue weighted by molar-refractivity contribution is 0.0695. The Labute approximate surface area is 155 Å². The van der Waals surface area contributed by atoms with Gasteiger partial charge < -0.3 is 24.9 Å². The molecule has 1 aromatic heterocycles. The van der Waals surface area contributed by atoms with Gasteiger partial charge in [0.25, 0.3) is 0 Å². The molecular formula is C18H21ClN2O5.